The monoisotopic (exact) mass is 553 g/mol. The predicted molar refractivity (Wildman–Crippen MR) is 138 cm³/mol. The van der Waals surface area contributed by atoms with Gasteiger partial charge in [0, 0.05) is 32.3 Å². The second-order valence-electron chi connectivity index (χ2n) is 7.56. The Morgan fingerprint density at radius 3 is 2.44 bits per heavy atom. The smallest absolute Gasteiger partial charge is 0.269 e. The molecule has 1 saturated heterocycles. The molecule has 1 fully saturated rings. The largest absolute Gasteiger partial charge is 0.383 e. The van der Waals surface area contributed by atoms with E-state index in [-0.39, 0.29) is 35.7 Å². The molecule has 0 aliphatic carbocycles. The number of nitrogens with zero attached hydrogens (tertiary/aromatic N) is 3. The van der Waals surface area contributed by atoms with Crippen molar-refractivity contribution in [3.8, 4) is 0 Å². The Kier molecular flexibility index (Phi) is 11.4. The fourth-order valence-corrected chi connectivity index (χ4v) is 3.72. The van der Waals surface area contributed by atoms with Crippen molar-refractivity contribution in [1.82, 2.24) is 15.5 Å². The Labute approximate surface area is 206 Å². The zero-order valence-electron chi connectivity index (χ0n) is 18.4. The molecule has 8 nitrogen and oxygen atoms in total. The molecule has 0 amide bonds. The number of hydrogen-bond acceptors (Lipinski definition) is 5. The summed E-state index contributed by atoms with van der Waals surface area (Å²) in [5.41, 5.74) is 2.29. The first-order chi connectivity index (χ1) is 15.2. The van der Waals surface area contributed by atoms with Crippen LogP contribution in [0.25, 0.3) is 0 Å². The molecule has 0 bridgehead atoms. The third kappa shape index (κ3) is 8.03. The number of nitro groups is 1. The summed E-state index contributed by atoms with van der Waals surface area (Å²) in [6.45, 7) is 4.60. The lowest BCUT2D eigenvalue weighted by atomic mass is 10.1. The van der Waals surface area contributed by atoms with Gasteiger partial charge in [0.15, 0.2) is 5.96 Å². The maximum Gasteiger partial charge on any atom is 0.269 e. The third-order valence-corrected chi connectivity index (χ3v) is 5.39. The van der Waals surface area contributed by atoms with Crippen molar-refractivity contribution in [2.75, 3.05) is 39.9 Å². The van der Waals surface area contributed by atoms with E-state index in [9.17, 15) is 10.1 Å². The molecule has 1 aliphatic heterocycles. The molecule has 2 aromatic carbocycles. The Bertz CT molecular complexity index is 842. The van der Waals surface area contributed by atoms with Gasteiger partial charge in [-0.15, -0.1) is 24.0 Å². The summed E-state index contributed by atoms with van der Waals surface area (Å²) in [6, 6.07) is 17.3. The average molecular weight is 553 g/mol. The lowest BCUT2D eigenvalue weighted by Gasteiger charge is -2.29. The van der Waals surface area contributed by atoms with E-state index in [1.165, 1.54) is 30.5 Å². The first-order valence-corrected chi connectivity index (χ1v) is 10.7. The van der Waals surface area contributed by atoms with Gasteiger partial charge in [-0.3, -0.25) is 15.0 Å². The van der Waals surface area contributed by atoms with Crippen LogP contribution < -0.4 is 10.6 Å². The van der Waals surface area contributed by atoms with Crippen LogP contribution in [-0.4, -0.2) is 55.7 Å². The van der Waals surface area contributed by atoms with Gasteiger partial charge in [0.25, 0.3) is 5.69 Å². The van der Waals surface area contributed by atoms with Crippen LogP contribution in [0.1, 0.15) is 30.0 Å². The van der Waals surface area contributed by atoms with Crippen LogP contribution in [0.4, 0.5) is 5.69 Å². The van der Waals surface area contributed by atoms with Crippen molar-refractivity contribution in [3.05, 3.63) is 75.8 Å². The molecule has 1 unspecified atom stereocenters. The maximum atomic E-state index is 10.8. The molecule has 2 aromatic rings. The van der Waals surface area contributed by atoms with Crippen molar-refractivity contribution < 1.29 is 9.66 Å². The number of halogens is 1. The first kappa shape index (κ1) is 26.0. The molecule has 1 atom stereocenters. The number of hydrogen-bond donors (Lipinski definition) is 2. The van der Waals surface area contributed by atoms with E-state index < -0.39 is 4.92 Å². The third-order valence-electron chi connectivity index (χ3n) is 5.39. The van der Waals surface area contributed by atoms with Crippen molar-refractivity contribution >= 4 is 35.6 Å². The molecule has 32 heavy (non-hydrogen) atoms. The number of benzene rings is 2. The Balaban J connectivity index is 0.00000363. The van der Waals surface area contributed by atoms with Crippen LogP contribution >= 0.6 is 24.0 Å². The second-order valence-corrected chi connectivity index (χ2v) is 7.56. The van der Waals surface area contributed by atoms with Crippen LogP contribution in [0.5, 0.6) is 0 Å². The fraction of sp³-hybridized carbons (Fsp3) is 0.435. The van der Waals surface area contributed by atoms with Gasteiger partial charge < -0.3 is 15.4 Å². The number of guanidine groups is 1. The molecule has 174 valence electrons. The molecule has 1 heterocycles. The van der Waals surface area contributed by atoms with E-state index in [2.05, 4.69) is 44.8 Å². The van der Waals surface area contributed by atoms with Gasteiger partial charge in [-0.2, -0.15) is 0 Å². The minimum atomic E-state index is -0.394. The summed E-state index contributed by atoms with van der Waals surface area (Å²) in [4.78, 5) is 17.7. The van der Waals surface area contributed by atoms with Gasteiger partial charge in [0.1, 0.15) is 0 Å². The zero-order chi connectivity index (χ0) is 21.9. The number of aliphatic imine (C=N–C) groups is 1. The second kappa shape index (κ2) is 14.0. The van der Waals surface area contributed by atoms with Crippen molar-refractivity contribution in [2.24, 2.45) is 4.99 Å². The lowest BCUT2D eigenvalue weighted by molar-refractivity contribution is -0.384. The quantitative estimate of drug-likeness (QED) is 0.116. The van der Waals surface area contributed by atoms with E-state index in [4.69, 9.17) is 4.74 Å². The van der Waals surface area contributed by atoms with E-state index in [0.717, 1.165) is 25.2 Å². The highest BCUT2D eigenvalue weighted by molar-refractivity contribution is 14.0. The topological polar surface area (TPSA) is 92.0 Å². The minimum absolute atomic E-state index is 0. The van der Waals surface area contributed by atoms with Gasteiger partial charge in [-0.05, 0) is 37.1 Å². The molecule has 1 aliphatic rings. The molecule has 3 rings (SSSR count). The number of non-ortho nitro benzene ring substituents is 1. The van der Waals surface area contributed by atoms with Gasteiger partial charge in [-0.1, -0.05) is 42.5 Å². The molecule has 2 N–H and O–H groups in total. The number of nitro benzene ring substituents is 1. The highest BCUT2D eigenvalue weighted by Crippen LogP contribution is 2.24. The summed E-state index contributed by atoms with van der Waals surface area (Å²) in [7, 11) is 1.67. The summed E-state index contributed by atoms with van der Waals surface area (Å²) < 4.78 is 5.15. The molecule has 0 radical (unpaired) electrons. The zero-order valence-corrected chi connectivity index (χ0v) is 20.7. The van der Waals surface area contributed by atoms with E-state index in [1.54, 1.807) is 19.2 Å². The lowest BCUT2D eigenvalue weighted by Crippen LogP contribution is -2.43. The van der Waals surface area contributed by atoms with Crippen LogP contribution in [0.2, 0.25) is 0 Å². The maximum absolute atomic E-state index is 10.8. The van der Waals surface area contributed by atoms with Crippen molar-refractivity contribution in [2.45, 2.75) is 25.4 Å². The number of methoxy groups -OCH3 is 1. The van der Waals surface area contributed by atoms with Crippen LogP contribution in [0, 0.1) is 10.1 Å². The summed E-state index contributed by atoms with van der Waals surface area (Å²) in [6.07, 6.45) is 2.47. The van der Waals surface area contributed by atoms with E-state index in [1.807, 2.05) is 6.07 Å². The number of likely N-dealkylation sites (tertiary alicyclic amines) is 1. The van der Waals surface area contributed by atoms with Gasteiger partial charge >= 0.3 is 0 Å². The van der Waals surface area contributed by atoms with Crippen molar-refractivity contribution in [3.63, 3.8) is 0 Å². The Hall–Kier alpha value is -2.24. The molecular formula is C23H32IN5O3. The number of rotatable bonds is 10. The van der Waals surface area contributed by atoms with Gasteiger partial charge in [0.2, 0.25) is 0 Å². The van der Waals surface area contributed by atoms with Gasteiger partial charge in [-0.25, -0.2) is 4.99 Å². The predicted octanol–water partition coefficient (Wildman–Crippen LogP) is 3.73. The summed E-state index contributed by atoms with van der Waals surface area (Å²) in [5, 5.41) is 17.6. The highest BCUT2D eigenvalue weighted by Gasteiger charge is 2.23. The number of ether oxygens (including phenoxy) is 1. The van der Waals surface area contributed by atoms with Gasteiger partial charge in [0.05, 0.1) is 24.1 Å². The van der Waals surface area contributed by atoms with E-state index in [0.29, 0.717) is 25.7 Å². The molecule has 9 heteroatoms. The van der Waals surface area contributed by atoms with Crippen LogP contribution in [0.15, 0.2) is 59.6 Å². The van der Waals surface area contributed by atoms with Crippen molar-refractivity contribution in [1.29, 1.82) is 0 Å². The molecule has 0 aromatic heterocycles. The normalized spacial score (nSPS) is 15.1. The van der Waals surface area contributed by atoms with Crippen LogP contribution in [0.3, 0.4) is 0 Å². The number of nitrogens with one attached hydrogen (secondary N) is 2. The minimum Gasteiger partial charge on any atom is -0.383 e. The SMILES string of the molecule is COCCNC(=NCc1ccc([N+](=O)[O-])cc1)NCC(c1ccccc1)N1CCCC1.I. The van der Waals surface area contributed by atoms with Crippen LogP contribution in [-0.2, 0) is 11.3 Å². The fourth-order valence-electron chi connectivity index (χ4n) is 3.72. The molecule has 0 saturated carbocycles. The standard InChI is InChI=1S/C23H31N5O3.HI/c1-31-16-13-24-23(25-17-19-9-11-21(12-10-19)28(29)30)26-18-22(27-14-5-6-15-27)20-7-3-2-4-8-20;/h2-4,7-12,22H,5-6,13-18H2,1H3,(H2,24,25,26);1H. The highest BCUT2D eigenvalue weighted by atomic mass is 127. The average Bonchev–Trinajstić information content (AvgIpc) is 3.33. The summed E-state index contributed by atoms with van der Waals surface area (Å²) >= 11 is 0. The Morgan fingerprint density at radius 1 is 1.12 bits per heavy atom. The molecule has 0 spiro atoms. The molecular weight excluding hydrogens is 521 g/mol. The Morgan fingerprint density at radius 2 is 1.81 bits per heavy atom. The van der Waals surface area contributed by atoms with E-state index >= 15 is 0 Å². The first-order valence-electron chi connectivity index (χ1n) is 10.7. The summed E-state index contributed by atoms with van der Waals surface area (Å²) in [5.74, 6) is 0.704.